The summed E-state index contributed by atoms with van der Waals surface area (Å²) in [6.07, 6.45) is -3.86. The highest BCUT2D eigenvalue weighted by molar-refractivity contribution is 5.95. The molecule has 8 nitrogen and oxygen atoms in total. The van der Waals surface area contributed by atoms with E-state index in [0.29, 0.717) is 36.3 Å². The van der Waals surface area contributed by atoms with Gasteiger partial charge in [0.05, 0.1) is 12.8 Å². The minimum Gasteiger partial charge on any atom is -0.495 e. The van der Waals surface area contributed by atoms with Gasteiger partial charge in [0, 0.05) is 45.0 Å². The number of aromatic nitrogens is 2. The lowest BCUT2D eigenvalue weighted by Crippen LogP contribution is -2.46. The van der Waals surface area contributed by atoms with E-state index < -0.39 is 11.7 Å². The summed E-state index contributed by atoms with van der Waals surface area (Å²) in [5.41, 5.74) is -0.0841. The van der Waals surface area contributed by atoms with Gasteiger partial charge in [0.2, 0.25) is 5.95 Å². The minimum atomic E-state index is -4.57. The molecule has 3 rings (SSSR count). The second-order valence-electron chi connectivity index (χ2n) is 6.29. The maximum Gasteiger partial charge on any atom is 0.421 e. The van der Waals surface area contributed by atoms with Crippen molar-refractivity contribution in [1.82, 2.24) is 20.2 Å². The number of anilines is 3. The SMILES string of the molecule is CNc1nc(Nc2ccc(C(=O)N3CCNCC3)cc2OC)ncc1C(F)(F)F.Cl. The summed E-state index contributed by atoms with van der Waals surface area (Å²) in [6.45, 7) is 2.71. The van der Waals surface area contributed by atoms with Crippen molar-refractivity contribution < 1.29 is 22.7 Å². The smallest absolute Gasteiger partial charge is 0.421 e. The molecule has 0 atom stereocenters. The Morgan fingerprint density at radius 2 is 1.97 bits per heavy atom. The van der Waals surface area contributed by atoms with Gasteiger partial charge in [0.25, 0.3) is 5.91 Å². The Hall–Kier alpha value is -2.79. The van der Waals surface area contributed by atoms with Gasteiger partial charge in [0.1, 0.15) is 17.1 Å². The summed E-state index contributed by atoms with van der Waals surface area (Å²) in [4.78, 5) is 22.0. The highest BCUT2D eigenvalue weighted by Crippen LogP contribution is 2.34. The first-order valence-electron chi connectivity index (χ1n) is 8.90. The van der Waals surface area contributed by atoms with E-state index in [0.717, 1.165) is 13.1 Å². The Kier molecular flexibility index (Phi) is 7.68. The Morgan fingerprint density at radius 3 is 2.57 bits per heavy atom. The van der Waals surface area contributed by atoms with E-state index in [9.17, 15) is 18.0 Å². The number of benzene rings is 1. The highest BCUT2D eigenvalue weighted by Gasteiger charge is 2.35. The first-order valence-corrected chi connectivity index (χ1v) is 8.90. The molecule has 0 aliphatic carbocycles. The molecule has 1 fully saturated rings. The number of hydrogen-bond acceptors (Lipinski definition) is 7. The Bertz CT molecular complexity index is 891. The average Bonchev–Trinajstić information content (AvgIpc) is 2.73. The third-order valence-electron chi connectivity index (χ3n) is 4.43. The molecule has 1 aliphatic heterocycles. The second kappa shape index (κ2) is 9.81. The Labute approximate surface area is 177 Å². The predicted octanol–water partition coefficient (Wildman–Crippen LogP) is 2.76. The van der Waals surface area contributed by atoms with Crippen molar-refractivity contribution in [2.75, 3.05) is 51.0 Å². The van der Waals surface area contributed by atoms with Gasteiger partial charge in [0.15, 0.2) is 0 Å². The molecule has 1 amide bonds. The van der Waals surface area contributed by atoms with Gasteiger partial charge >= 0.3 is 6.18 Å². The van der Waals surface area contributed by atoms with Crippen LogP contribution in [0.3, 0.4) is 0 Å². The summed E-state index contributed by atoms with van der Waals surface area (Å²) in [6, 6.07) is 4.81. The van der Waals surface area contributed by atoms with Gasteiger partial charge in [-0.15, -0.1) is 12.4 Å². The number of ether oxygens (including phenoxy) is 1. The van der Waals surface area contributed by atoms with Crippen LogP contribution in [0.2, 0.25) is 0 Å². The molecule has 30 heavy (non-hydrogen) atoms. The number of piperazine rings is 1. The first kappa shape index (κ1) is 23.5. The van der Waals surface area contributed by atoms with E-state index in [1.54, 1.807) is 23.1 Å². The van der Waals surface area contributed by atoms with Crippen LogP contribution in [0.1, 0.15) is 15.9 Å². The molecule has 164 valence electrons. The first-order chi connectivity index (χ1) is 13.8. The van der Waals surface area contributed by atoms with Crippen LogP contribution < -0.4 is 20.7 Å². The van der Waals surface area contributed by atoms with Gasteiger partial charge in [-0.05, 0) is 18.2 Å². The molecular weight excluding hydrogens is 425 g/mol. The van der Waals surface area contributed by atoms with E-state index in [1.165, 1.54) is 14.2 Å². The molecule has 1 aromatic carbocycles. The number of halogens is 4. The molecule has 1 saturated heterocycles. The van der Waals surface area contributed by atoms with Gasteiger partial charge in [-0.2, -0.15) is 18.2 Å². The molecule has 0 saturated carbocycles. The molecule has 1 aliphatic rings. The van der Waals surface area contributed by atoms with E-state index >= 15 is 0 Å². The maximum atomic E-state index is 13.0. The molecule has 0 unspecified atom stereocenters. The summed E-state index contributed by atoms with van der Waals surface area (Å²) in [5, 5.41) is 8.44. The lowest BCUT2D eigenvalue weighted by Gasteiger charge is -2.27. The van der Waals surface area contributed by atoms with Crippen LogP contribution in [-0.4, -0.2) is 61.1 Å². The largest absolute Gasteiger partial charge is 0.495 e. The van der Waals surface area contributed by atoms with Crippen molar-refractivity contribution in [3.05, 3.63) is 35.5 Å². The van der Waals surface area contributed by atoms with Crippen molar-refractivity contribution in [2.45, 2.75) is 6.18 Å². The fourth-order valence-electron chi connectivity index (χ4n) is 2.94. The second-order valence-corrected chi connectivity index (χ2v) is 6.29. The number of carbonyl (C=O) groups excluding carboxylic acids is 1. The zero-order chi connectivity index (χ0) is 21.0. The van der Waals surface area contributed by atoms with Gasteiger partial charge < -0.3 is 25.6 Å². The van der Waals surface area contributed by atoms with Crippen LogP contribution in [0.4, 0.5) is 30.6 Å². The topological polar surface area (TPSA) is 91.4 Å². The van der Waals surface area contributed by atoms with Crippen LogP contribution in [-0.2, 0) is 6.18 Å². The number of nitrogens with one attached hydrogen (secondary N) is 3. The molecular formula is C18H22ClF3N6O2. The van der Waals surface area contributed by atoms with Crippen LogP contribution >= 0.6 is 12.4 Å². The fraction of sp³-hybridized carbons (Fsp3) is 0.389. The predicted molar refractivity (Wildman–Crippen MR) is 109 cm³/mol. The summed E-state index contributed by atoms with van der Waals surface area (Å²) >= 11 is 0. The molecule has 0 radical (unpaired) electrons. The molecule has 1 aromatic heterocycles. The third-order valence-corrected chi connectivity index (χ3v) is 4.43. The monoisotopic (exact) mass is 446 g/mol. The van der Waals surface area contributed by atoms with E-state index in [-0.39, 0.29) is 30.1 Å². The lowest BCUT2D eigenvalue weighted by molar-refractivity contribution is -0.137. The van der Waals surface area contributed by atoms with E-state index in [2.05, 4.69) is 25.9 Å². The van der Waals surface area contributed by atoms with Crippen LogP contribution in [0.15, 0.2) is 24.4 Å². The molecule has 12 heteroatoms. The van der Waals surface area contributed by atoms with E-state index in [4.69, 9.17) is 4.74 Å². The van der Waals surface area contributed by atoms with Crippen molar-refractivity contribution in [3.8, 4) is 5.75 Å². The number of amides is 1. The zero-order valence-electron chi connectivity index (χ0n) is 16.3. The van der Waals surface area contributed by atoms with E-state index in [1.807, 2.05) is 0 Å². The highest BCUT2D eigenvalue weighted by atomic mass is 35.5. The summed E-state index contributed by atoms with van der Waals surface area (Å²) in [5.74, 6) is -0.151. The van der Waals surface area contributed by atoms with Gasteiger partial charge in [-0.3, -0.25) is 4.79 Å². The van der Waals surface area contributed by atoms with Crippen LogP contribution in [0, 0.1) is 0 Å². The number of methoxy groups -OCH3 is 1. The molecule has 2 heterocycles. The standard InChI is InChI=1S/C18H21F3N6O2.ClH/c1-22-15-12(18(19,20)21)10-24-17(26-15)25-13-4-3-11(9-14(13)29-2)16(28)27-7-5-23-6-8-27;/h3-4,9-10,23H,5-8H2,1-2H3,(H2,22,24,25,26);1H. The van der Waals surface area contributed by atoms with Gasteiger partial charge in [-0.1, -0.05) is 0 Å². The van der Waals surface area contributed by atoms with Gasteiger partial charge in [-0.25, -0.2) is 4.98 Å². The molecule has 0 spiro atoms. The number of nitrogens with zero attached hydrogens (tertiary/aromatic N) is 3. The number of hydrogen-bond donors (Lipinski definition) is 3. The minimum absolute atomic E-state index is 0. The van der Waals surface area contributed by atoms with Crippen LogP contribution in [0.25, 0.3) is 0 Å². The van der Waals surface area contributed by atoms with Crippen LogP contribution in [0.5, 0.6) is 5.75 Å². The Morgan fingerprint density at radius 1 is 1.27 bits per heavy atom. The van der Waals surface area contributed by atoms with Crippen molar-refractivity contribution in [2.24, 2.45) is 0 Å². The van der Waals surface area contributed by atoms with Crippen molar-refractivity contribution >= 4 is 35.8 Å². The quantitative estimate of drug-likeness (QED) is 0.650. The average molecular weight is 447 g/mol. The van der Waals surface area contributed by atoms with Crippen molar-refractivity contribution in [1.29, 1.82) is 0 Å². The lowest BCUT2D eigenvalue weighted by atomic mass is 10.1. The molecule has 2 aromatic rings. The maximum absolute atomic E-state index is 13.0. The fourth-order valence-corrected chi connectivity index (χ4v) is 2.94. The molecule has 3 N–H and O–H groups in total. The number of carbonyl (C=O) groups is 1. The Balaban J connectivity index is 0.00000320. The normalized spacial score (nSPS) is 14.0. The summed E-state index contributed by atoms with van der Waals surface area (Å²) in [7, 11) is 2.78. The summed E-state index contributed by atoms with van der Waals surface area (Å²) < 4.78 is 44.3. The number of alkyl halides is 3. The zero-order valence-corrected chi connectivity index (χ0v) is 17.2. The molecule has 0 bridgehead atoms. The third kappa shape index (κ3) is 5.22. The van der Waals surface area contributed by atoms with Crippen molar-refractivity contribution in [3.63, 3.8) is 0 Å². The number of rotatable bonds is 5.